The minimum absolute atomic E-state index is 0.00368. The van der Waals surface area contributed by atoms with Crippen molar-refractivity contribution in [2.75, 3.05) is 11.9 Å². The standard InChI is InChI=1S/C16H19F3N2O4/c1-10-6-7-11(15(25)20-9-16(17,18)19)8-12(10)21-13(22)4-2-3-5-14(23)24/h6-8H,2-5,9H2,1H3,(H,20,25)(H,21,22)(H,23,24). The fourth-order valence-electron chi connectivity index (χ4n) is 1.95. The van der Waals surface area contributed by atoms with Gasteiger partial charge in [-0.15, -0.1) is 0 Å². The number of unbranched alkanes of at least 4 members (excludes halogenated alkanes) is 1. The number of benzene rings is 1. The lowest BCUT2D eigenvalue weighted by atomic mass is 10.1. The van der Waals surface area contributed by atoms with Gasteiger partial charge in [-0.3, -0.25) is 14.4 Å². The zero-order chi connectivity index (χ0) is 19.0. The number of nitrogens with one attached hydrogen (secondary N) is 2. The number of carbonyl (C=O) groups is 3. The van der Waals surface area contributed by atoms with Crippen LogP contribution in [0.2, 0.25) is 0 Å². The maximum atomic E-state index is 12.1. The third-order valence-corrected chi connectivity index (χ3v) is 3.27. The molecule has 0 spiro atoms. The van der Waals surface area contributed by atoms with Crippen molar-refractivity contribution in [3.05, 3.63) is 29.3 Å². The Bertz CT molecular complexity index is 645. The summed E-state index contributed by atoms with van der Waals surface area (Å²) in [6.45, 7) is 0.239. The van der Waals surface area contributed by atoms with Gasteiger partial charge in [-0.2, -0.15) is 13.2 Å². The average molecular weight is 360 g/mol. The maximum Gasteiger partial charge on any atom is 0.405 e. The summed E-state index contributed by atoms with van der Waals surface area (Å²) in [5.41, 5.74) is 0.963. The molecule has 1 aromatic carbocycles. The monoisotopic (exact) mass is 360 g/mol. The highest BCUT2D eigenvalue weighted by Crippen LogP contribution is 2.18. The molecule has 1 aromatic rings. The van der Waals surface area contributed by atoms with Crippen LogP contribution in [-0.2, 0) is 9.59 Å². The Morgan fingerprint density at radius 2 is 1.76 bits per heavy atom. The molecule has 0 saturated carbocycles. The summed E-state index contributed by atoms with van der Waals surface area (Å²) in [6, 6.07) is 4.18. The molecule has 0 atom stereocenters. The molecule has 0 fully saturated rings. The van der Waals surface area contributed by atoms with E-state index in [4.69, 9.17) is 5.11 Å². The van der Waals surface area contributed by atoms with Gasteiger partial charge in [-0.1, -0.05) is 6.07 Å². The van der Waals surface area contributed by atoms with Crippen LogP contribution in [-0.4, -0.2) is 35.6 Å². The Morgan fingerprint density at radius 3 is 2.36 bits per heavy atom. The number of hydrogen-bond donors (Lipinski definition) is 3. The molecule has 0 heterocycles. The van der Waals surface area contributed by atoms with Crippen molar-refractivity contribution >= 4 is 23.5 Å². The minimum Gasteiger partial charge on any atom is -0.481 e. The van der Waals surface area contributed by atoms with E-state index in [1.807, 2.05) is 0 Å². The van der Waals surface area contributed by atoms with Crippen molar-refractivity contribution in [1.29, 1.82) is 0 Å². The Hall–Kier alpha value is -2.58. The molecular formula is C16H19F3N2O4. The zero-order valence-corrected chi connectivity index (χ0v) is 13.6. The van der Waals surface area contributed by atoms with E-state index >= 15 is 0 Å². The van der Waals surface area contributed by atoms with E-state index in [0.29, 0.717) is 24.1 Å². The molecule has 2 amide bonds. The Morgan fingerprint density at radius 1 is 1.12 bits per heavy atom. The van der Waals surface area contributed by atoms with Crippen LogP contribution in [0, 0.1) is 6.92 Å². The SMILES string of the molecule is Cc1ccc(C(=O)NCC(F)(F)F)cc1NC(=O)CCCCC(=O)O. The van der Waals surface area contributed by atoms with Crippen molar-refractivity contribution < 1.29 is 32.7 Å². The van der Waals surface area contributed by atoms with Crippen LogP contribution < -0.4 is 10.6 Å². The highest BCUT2D eigenvalue weighted by Gasteiger charge is 2.28. The number of hydrogen-bond acceptors (Lipinski definition) is 3. The molecule has 9 heteroatoms. The van der Waals surface area contributed by atoms with Gasteiger partial charge in [0.05, 0.1) is 0 Å². The van der Waals surface area contributed by atoms with E-state index in [9.17, 15) is 27.6 Å². The second kappa shape index (κ2) is 9.05. The normalized spacial score (nSPS) is 11.0. The van der Waals surface area contributed by atoms with Gasteiger partial charge in [0.15, 0.2) is 0 Å². The fraction of sp³-hybridized carbons (Fsp3) is 0.438. The first-order valence-corrected chi connectivity index (χ1v) is 7.56. The van der Waals surface area contributed by atoms with Crippen molar-refractivity contribution in [3.8, 4) is 0 Å². The summed E-state index contributed by atoms with van der Waals surface area (Å²) in [5, 5.41) is 12.9. The molecule has 25 heavy (non-hydrogen) atoms. The lowest BCUT2D eigenvalue weighted by molar-refractivity contribution is -0.137. The third-order valence-electron chi connectivity index (χ3n) is 3.27. The lowest BCUT2D eigenvalue weighted by Gasteiger charge is -2.12. The van der Waals surface area contributed by atoms with Crippen LogP contribution >= 0.6 is 0 Å². The molecule has 0 aromatic heterocycles. The Balaban J connectivity index is 2.63. The van der Waals surface area contributed by atoms with E-state index in [0.717, 1.165) is 0 Å². The summed E-state index contributed by atoms with van der Waals surface area (Å²) in [4.78, 5) is 34.0. The number of carboxylic acids is 1. The van der Waals surface area contributed by atoms with Crippen molar-refractivity contribution in [2.45, 2.75) is 38.8 Å². The highest BCUT2D eigenvalue weighted by atomic mass is 19.4. The van der Waals surface area contributed by atoms with Crippen LogP contribution in [0.15, 0.2) is 18.2 Å². The van der Waals surface area contributed by atoms with Gasteiger partial charge < -0.3 is 15.7 Å². The van der Waals surface area contributed by atoms with Gasteiger partial charge in [-0.05, 0) is 37.5 Å². The Kier molecular flexibility index (Phi) is 7.41. The fourth-order valence-corrected chi connectivity index (χ4v) is 1.95. The number of alkyl halides is 3. The van der Waals surface area contributed by atoms with E-state index in [1.165, 1.54) is 18.2 Å². The molecule has 0 saturated heterocycles. The first-order chi connectivity index (χ1) is 11.6. The Labute approximate surface area is 142 Å². The summed E-state index contributed by atoms with van der Waals surface area (Å²) >= 11 is 0. The molecule has 1 rings (SSSR count). The van der Waals surface area contributed by atoms with E-state index in [2.05, 4.69) is 5.32 Å². The summed E-state index contributed by atoms with van der Waals surface area (Å²) in [5.74, 6) is -2.19. The number of rotatable bonds is 8. The van der Waals surface area contributed by atoms with E-state index in [-0.39, 0.29) is 24.3 Å². The predicted molar refractivity (Wildman–Crippen MR) is 84.3 cm³/mol. The first kappa shape index (κ1) is 20.5. The molecule has 3 N–H and O–H groups in total. The number of amides is 2. The second-order valence-corrected chi connectivity index (χ2v) is 5.48. The molecule has 0 aliphatic carbocycles. The maximum absolute atomic E-state index is 12.1. The number of aliphatic carboxylic acids is 1. The van der Waals surface area contributed by atoms with Gasteiger partial charge >= 0.3 is 12.1 Å². The van der Waals surface area contributed by atoms with E-state index < -0.39 is 24.6 Å². The summed E-state index contributed by atoms with van der Waals surface area (Å²) in [6.07, 6.45) is -3.67. The van der Waals surface area contributed by atoms with Crippen LogP contribution in [0.25, 0.3) is 0 Å². The number of aryl methyl sites for hydroxylation is 1. The van der Waals surface area contributed by atoms with Crippen LogP contribution in [0.1, 0.15) is 41.6 Å². The molecular weight excluding hydrogens is 341 g/mol. The lowest BCUT2D eigenvalue weighted by Crippen LogP contribution is -2.33. The van der Waals surface area contributed by atoms with Gasteiger partial charge in [0.1, 0.15) is 6.54 Å². The summed E-state index contributed by atoms with van der Waals surface area (Å²) < 4.78 is 36.4. The van der Waals surface area contributed by atoms with Crippen LogP contribution in [0.4, 0.5) is 18.9 Å². The van der Waals surface area contributed by atoms with Crippen LogP contribution in [0.3, 0.4) is 0 Å². The number of carboxylic acid groups (broad SMARTS) is 1. The number of anilines is 1. The highest BCUT2D eigenvalue weighted by molar-refractivity contribution is 5.97. The topological polar surface area (TPSA) is 95.5 Å². The van der Waals surface area contributed by atoms with Crippen molar-refractivity contribution in [2.24, 2.45) is 0 Å². The molecule has 0 aliphatic heterocycles. The van der Waals surface area contributed by atoms with Gasteiger partial charge in [0.2, 0.25) is 5.91 Å². The first-order valence-electron chi connectivity index (χ1n) is 7.56. The zero-order valence-electron chi connectivity index (χ0n) is 13.6. The predicted octanol–water partition coefficient (Wildman–Crippen LogP) is 2.87. The van der Waals surface area contributed by atoms with Gasteiger partial charge in [0.25, 0.3) is 5.91 Å². The third kappa shape index (κ3) is 8.18. The molecule has 6 nitrogen and oxygen atoms in total. The van der Waals surface area contributed by atoms with Gasteiger partial charge in [0, 0.05) is 24.1 Å². The molecule has 0 radical (unpaired) electrons. The molecule has 138 valence electrons. The smallest absolute Gasteiger partial charge is 0.405 e. The van der Waals surface area contributed by atoms with E-state index in [1.54, 1.807) is 12.2 Å². The second-order valence-electron chi connectivity index (χ2n) is 5.48. The molecule has 0 bridgehead atoms. The van der Waals surface area contributed by atoms with Crippen LogP contribution in [0.5, 0.6) is 0 Å². The van der Waals surface area contributed by atoms with Gasteiger partial charge in [-0.25, -0.2) is 0 Å². The number of halogens is 3. The molecule has 0 unspecified atom stereocenters. The quantitative estimate of drug-likeness (QED) is 0.621. The molecule has 0 aliphatic rings. The largest absolute Gasteiger partial charge is 0.481 e. The van der Waals surface area contributed by atoms with Crippen molar-refractivity contribution in [3.63, 3.8) is 0 Å². The summed E-state index contributed by atoms with van der Waals surface area (Å²) in [7, 11) is 0. The minimum atomic E-state index is -4.51. The average Bonchev–Trinajstić information content (AvgIpc) is 2.50. The van der Waals surface area contributed by atoms with Crippen molar-refractivity contribution in [1.82, 2.24) is 5.32 Å². The number of carbonyl (C=O) groups excluding carboxylic acids is 2.